The van der Waals surface area contributed by atoms with Crippen LogP contribution in [0.3, 0.4) is 0 Å². The van der Waals surface area contributed by atoms with Crippen LogP contribution >= 0.6 is 0 Å². The van der Waals surface area contributed by atoms with Crippen molar-refractivity contribution in [2.75, 3.05) is 18.0 Å². The normalized spacial score (nSPS) is 16.4. The molecule has 0 bridgehead atoms. The minimum Gasteiger partial charge on any atom is -0.390 e. The molecule has 1 aromatic rings. The highest BCUT2D eigenvalue weighted by molar-refractivity contribution is 5.48. The first-order valence-electron chi connectivity index (χ1n) is 5.26. The molecular weight excluding hydrogens is 188 g/mol. The average molecular weight is 204 g/mol. The van der Waals surface area contributed by atoms with Crippen LogP contribution in [-0.2, 0) is 6.61 Å². The zero-order valence-electron chi connectivity index (χ0n) is 8.98. The summed E-state index contributed by atoms with van der Waals surface area (Å²) in [6.45, 7) is 4.19. The van der Waals surface area contributed by atoms with Gasteiger partial charge < -0.3 is 10.0 Å². The van der Waals surface area contributed by atoms with Crippen molar-refractivity contribution in [2.24, 2.45) is 0 Å². The Morgan fingerprint density at radius 1 is 1.53 bits per heavy atom. The number of hydrogen-bond acceptors (Lipinski definition) is 3. The third-order valence-corrected chi connectivity index (χ3v) is 2.66. The first kappa shape index (κ1) is 10.2. The molecular formula is C12H16N2O. The van der Waals surface area contributed by atoms with Gasteiger partial charge in [0.05, 0.1) is 12.3 Å². The molecule has 0 unspecified atom stereocenters. The Kier molecular flexibility index (Phi) is 3.02. The predicted octanol–water partition coefficient (Wildman–Crippen LogP) is 1.73. The van der Waals surface area contributed by atoms with Crippen molar-refractivity contribution in [1.29, 1.82) is 0 Å². The molecule has 80 valence electrons. The van der Waals surface area contributed by atoms with E-state index >= 15 is 0 Å². The molecule has 0 aliphatic carbocycles. The molecule has 1 aromatic heterocycles. The number of nitrogens with zero attached hydrogens (tertiary/aromatic N) is 2. The maximum atomic E-state index is 9.02. The van der Waals surface area contributed by atoms with Crippen molar-refractivity contribution in [3.05, 3.63) is 35.7 Å². The Balaban J connectivity index is 2.18. The lowest BCUT2D eigenvalue weighted by atomic mass is 10.1. The van der Waals surface area contributed by atoms with Crippen LogP contribution in [0.4, 0.5) is 5.69 Å². The van der Waals surface area contributed by atoms with E-state index in [4.69, 9.17) is 5.11 Å². The van der Waals surface area contributed by atoms with E-state index in [1.807, 2.05) is 12.1 Å². The first-order chi connectivity index (χ1) is 7.29. The molecule has 3 nitrogen and oxygen atoms in total. The van der Waals surface area contributed by atoms with Crippen LogP contribution in [0, 0.1) is 0 Å². The van der Waals surface area contributed by atoms with E-state index in [1.54, 1.807) is 6.20 Å². The van der Waals surface area contributed by atoms with Gasteiger partial charge in [0.2, 0.25) is 0 Å². The minimum absolute atomic E-state index is 0.0104. The number of aromatic nitrogens is 1. The smallest absolute Gasteiger partial charge is 0.0853 e. The number of aliphatic hydroxyl groups is 1. The van der Waals surface area contributed by atoms with Crippen LogP contribution in [0.2, 0.25) is 0 Å². The number of aliphatic hydroxyl groups excluding tert-OH is 1. The van der Waals surface area contributed by atoms with Crippen molar-refractivity contribution in [3.63, 3.8) is 0 Å². The fraction of sp³-hybridized carbons (Fsp3) is 0.417. The van der Waals surface area contributed by atoms with Gasteiger partial charge in [-0.05, 0) is 25.5 Å². The molecule has 0 aromatic carbocycles. The van der Waals surface area contributed by atoms with E-state index in [9.17, 15) is 0 Å². The van der Waals surface area contributed by atoms with Gasteiger partial charge in [-0.15, -0.1) is 0 Å². The molecule has 0 atom stereocenters. The van der Waals surface area contributed by atoms with E-state index in [0.717, 1.165) is 30.9 Å². The molecule has 1 aliphatic heterocycles. The highest BCUT2D eigenvalue weighted by Gasteiger charge is 2.10. The molecule has 0 saturated heterocycles. The van der Waals surface area contributed by atoms with Gasteiger partial charge >= 0.3 is 0 Å². The van der Waals surface area contributed by atoms with Gasteiger partial charge in [0.25, 0.3) is 0 Å². The quantitative estimate of drug-likeness (QED) is 0.745. The maximum Gasteiger partial charge on any atom is 0.0853 e. The highest BCUT2D eigenvalue weighted by Crippen LogP contribution is 2.19. The Hall–Kier alpha value is -1.35. The van der Waals surface area contributed by atoms with Crippen molar-refractivity contribution in [3.8, 4) is 0 Å². The summed E-state index contributed by atoms with van der Waals surface area (Å²) in [5, 5.41) is 9.02. The largest absolute Gasteiger partial charge is 0.390 e. The Morgan fingerprint density at radius 2 is 2.40 bits per heavy atom. The summed E-state index contributed by atoms with van der Waals surface area (Å²) in [7, 11) is 0. The number of pyridine rings is 1. The summed E-state index contributed by atoms with van der Waals surface area (Å²) in [6.07, 6.45) is 5.14. The summed E-state index contributed by atoms with van der Waals surface area (Å²) in [4.78, 5) is 6.40. The van der Waals surface area contributed by atoms with Crippen LogP contribution < -0.4 is 4.90 Å². The zero-order valence-corrected chi connectivity index (χ0v) is 8.98. The van der Waals surface area contributed by atoms with E-state index < -0.39 is 0 Å². The molecule has 2 rings (SSSR count). The monoisotopic (exact) mass is 204 g/mol. The van der Waals surface area contributed by atoms with Gasteiger partial charge in [0.15, 0.2) is 0 Å². The Morgan fingerprint density at radius 3 is 3.13 bits per heavy atom. The second-order valence-electron chi connectivity index (χ2n) is 3.92. The fourth-order valence-corrected chi connectivity index (χ4v) is 1.88. The predicted molar refractivity (Wildman–Crippen MR) is 60.7 cm³/mol. The van der Waals surface area contributed by atoms with Crippen LogP contribution in [0.5, 0.6) is 0 Å². The van der Waals surface area contributed by atoms with E-state index in [0.29, 0.717) is 0 Å². The second kappa shape index (κ2) is 4.45. The van der Waals surface area contributed by atoms with Gasteiger partial charge in [-0.2, -0.15) is 0 Å². The fourth-order valence-electron chi connectivity index (χ4n) is 1.88. The summed E-state index contributed by atoms with van der Waals surface area (Å²) < 4.78 is 0. The lowest BCUT2D eigenvalue weighted by molar-refractivity contribution is 0.277. The third-order valence-electron chi connectivity index (χ3n) is 2.66. The van der Waals surface area contributed by atoms with Crippen LogP contribution in [0.25, 0.3) is 0 Å². The second-order valence-corrected chi connectivity index (χ2v) is 3.92. The average Bonchev–Trinajstić information content (AvgIpc) is 2.29. The molecule has 0 spiro atoms. The third kappa shape index (κ3) is 2.36. The van der Waals surface area contributed by atoms with Crippen LogP contribution in [0.15, 0.2) is 30.0 Å². The molecule has 15 heavy (non-hydrogen) atoms. The summed E-state index contributed by atoms with van der Waals surface area (Å²) in [5.41, 5.74) is 3.30. The number of hydrogen-bond donors (Lipinski definition) is 1. The van der Waals surface area contributed by atoms with Gasteiger partial charge in [0, 0.05) is 25.0 Å². The van der Waals surface area contributed by atoms with E-state index in [2.05, 4.69) is 22.9 Å². The van der Waals surface area contributed by atoms with Crippen molar-refractivity contribution >= 4 is 5.69 Å². The van der Waals surface area contributed by atoms with Crippen molar-refractivity contribution in [2.45, 2.75) is 20.0 Å². The van der Waals surface area contributed by atoms with E-state index in [1.165, 1.54) is 5.57 Å². The van der Waals surface area contributed by atoms with Gasteiger partial charge in [-0.25, -0.2) is 0 Å². The van der Waals surface area contributed by atoms with Crippen molar-refractivity contribution in [1.82, 2.24) is 4.98 Å². The summed E-state index contributed by atoms with van der Waals surface area (Å²) in [5.74, 6) is 0. The number of rotatable bonds is 2. The minimum atomic E-state index is 0.0104. The standard InChI is InChI=1S/C12H16N2O/c1-10-3-2-6-14(8-10)12-4-5-13-11(7-12)9-15/h3-5,7,15H,2,6,8-9H2,1H3. The van der Waals surface area contributed by atoms with Crippen LogP contribution in [0.1, 0.15) is 19.0 Å². The molecule has 0 fully saturated rings. The summed E-state index contributed by atoms with van der Waals surface area (Å²) >= 11 is 0. The van der Waals surface area contributed by atoms with Gasteiger partial charge in [0.1, 0.15) is 0 Å². The zero-order chi connectivity index (χ0) is 10.7. The number of anilines is 1. The lowest BCUT2D eigenvalue weighted by Gasteiger charge is -2.28. The van der Waals surface area contributed by atoms with Gasteiger partial charge in [-0.1, -0.05) is 11.6 Å². The molecule has 0 radical (unpaired) electrons. The lowest BCUT2D eigenvalue weighted by Crippen LogP contribution is -2.29. The molecule has 2 heterocycles. The van der Waals surface area contributed by atoms with Gasteiger partial charge in [-0.3, -0.25) is 4.98 Å². The highest BCUT2D eigenvalue weighted by atomic mass is 16.3. The molecule has 1 N–H and O–H groups in total. The topological polar surface area (TPSA) is 36.4 Å². The summed E-state index contributed by atoms with van der Waals surface area (Å²) in [6, 6.07) is 3.95. The molecule has 0 saturated carbocycles. The molecule has 1 aliphatic rings. The Labute approximate surface area is 90.1 Å². The molecule has 0 amide bonds. The van der Waals surface area contributed by atoms with Crippen molar-refractivity contribution < 1.29 is 5.11 Å². The molecule has 3 heteroatoms. The Bertz CT molecular complexity index is 374. The van der Waals surface area contributed by atoms with E-state index in [-0.39, 0.29) is 6.61 Å². The SMILES string of the molecule is CC1=CCCN(c2ccnc(CO)c2)C1. The first-order valence-corrected chi connectivity index (χ1v) is 5.26. The van der Waals surface area contributed by atoms with Crippen LogP contribution in [-0.4, -0.2) is 23.2 Å². The maximum absolute atomic E-state index is 9.02.